The molecule has 0 fully saturated rings. The molecule has 10 aromatic rings. The van der Waals surface area contributed by atoms with Gasteiger partial charge in [-0.15, -0.1) is 0 Å². The van der Waals surface area contributed by atoms with Crippen molar-refractivity contribution in [2.24, 2.45) is 0 Å². The lowest BCUT2D eigenvalue weighted by Crippen LogP contribution is -2.26. The zero-order valence-electron chi connectivity index (χ0n) is 36.3. The van der Waals surface area contributed by atoms with Crippen LogP contribution in [0, 0.1) is 0 Å². The first-order valence-corrected chi connectivity index (χ1v) is 22.7. The highest BCUT2D eigenvalue weighted by molar-refractivity contribution is 6.00. The van der Waals surface area contributed by atoms with E-state index >= 15 is 0 Å². The first-order valence-electron chi connectivity index (χ1n) is 22.7. The van der Waals surface area contributed by atoms with Gasteiger partial charge in [0.1, 0.15) is 0 Å². The van der Waals surface area contributed by atoms with Gasteiger partial charge in [0.25, 0.3) is 0 Å². The number of fused-ring (bicyclic) bond motifs is 13. The molecule has 0 atom stereocenters. The van der Waals surface area contributed by atoms with Gasteiger partial charge in [0.2, 0.25) is 0 Å². The molecule has 1 spiro atoms. The molecule has 0 saturated carbocycles. The molecule has 2 heteroatoms. The molecule has 3 aliphatic rings. The lowest BCUT2D eigenvalue weighted by atomic mass is 9.70. The van der Waals surface area contributed by atoms with Gasteiger partial charge in [-0.25, -0.2) is 0 Å². The number of nitrogens with zero attached hydrogens (tertiary/aromatic N) is 2. The maximum absolute atomic E-state index is 5.40. The Bertz CT molecular complexity index is 3450. The van der Waals surface area contributed by atoms with Gasteiger partial charge in [0.05, 0.1) is 28.7 Å². The molecule has 13 rings (SSSR count). The molecule has 9 aromatic carbocycles. The van der Waals surface area contributed by atoms with Crippen molar-refractivity contribution in [1.29, 1.82) is 0 Å². The SMILES string of the molecule is CC1(C)c2ccccc2-c2cccc(-c3ccc(N(c4ccc5c(c4)C4(c6ccccc6-c6ccccc64)c4ccccc4-5)c4cccc(-c5ccccc5)c4-c4ccccc4)cn3)c21. The molecule has 0 saturated heterocycles. The van der Waals surface area contributed by atoms with Crippen molar-refractivity contribution in [2.75, 3.05) is 4.90 Å². The Hall–Kier alpha value is -8.07. The van der Waals surface area contributed by atoms with Crippen LogP contribution in [0.25, 0.3) is 66.9 Å². The van der Waals surface area contributed by atoms with Crippen molar-refractivity contribution in [3.8, 4) is 66.9 Å². The molecule has 0 bridgehead atoms. The molecule has 0 aliphatic heterocycles. The average Bonchev–Trinajstić information content (AvgIpc) is 3.93. The van der Waals surface area contributed by atoms with E-state index < -0.39 is 5.41 Å². The van der Waals surface area contributed by atoms with Gasteiger partial charge in [-0.1, -0.05) is 208 Å². The minimum atomic E-state index is -0.477. The smallest absolute Gasteiger partial charge is 0.0726 e. The topological polar surface area (TPSA) is 16.1 Å². The van der Waals surface area contributed by atoms with E-state index in [0.29, 0.717) is 0 Å². The lowest BCUT2D eigenvalue weighted by Gasteiger charge is -2.33. The summed E-state index contributed by atoms with van der Waals surface area (Å²) >= 11 is 0. The maximum Gasteiger partial charge on any atom is 0.0726 e. The van der Waals surface area contributed by atoms with Crippen LogP contribution in [0.4, 0.5) is 17.1 Å². The highest BCUT2D eigenvalue weighted by atomic mass is 15.2. The summed E-state index contributed by atoms with van der Waals surface area (Å²) in [5.41, 5.74) is 25.1. The van der Waals surface area contributed by atoms with Gasteiger partial charge in [0.15, 0.2) is 0 Å². The molecule has 1 heterocycles. The second kappa shape index (κ2) is 14.2. The van der Waals surface area contributed by atoms with Gasteiger partial charge in [0, 0.05) is 22.2 Å². The first kappa shape index (κ1) is 37.5. The minimum absolute atomic E-state index is 0.160. The average molecular weight is 829 g/mol. The summed E-state index contributed by atoms with van der Waals surface area (Å²) in [4.78, 5) is 7.85. The summed E-state index contributed by atoms with van der Waals surface area (Å²) in [7, 11) is 0. The monoisotopic (exact) mass is 828 g/mol. The predicted octanol–water partition coefficient (Wildman–Crippen LogP) is 16.2. The summed E-state index contributed by atoms with van der Waals surface area (Å²) < 4.78 is 0. The molecule has 0 unspecified atom stereocenters. The number of benzene rings is 9. The van der Waals surface area contributed by atoms with Crippen LogP contribution < -0.4 is 4.90 Å². The number of hydrogen-bond acceptors (Lipinski definition) is 2. The fourth-order valence-electron chi connectivity index (χ4n) is 11.9. The third kappa shape index (κ3) is 5.32. The van der Waals surface area contributed by atoms with E-state index in [9.17, 15) is 0 Å². The van der Waals surface area contributed by atoms with Gasteiger partial charge >= 0.3 is 0 Å². The zero-order valence-corrected chi connectivity index (χ0v) is 36.3. The molecular formula is C63H44N2. The summed E-state index contributed by atoms with van der Waals surface area (Å²) in [6.07, 6.45) is 2.09. The second-order valence-electron chi connectivity index (χ2n) is 18.2. The Balaban J connectivity index is 1.06. The van der Waals surface area contributed by atoms with Crippen LogP contribution in [0.15, 0.2) is 231 Å². The zero-order chi connectivity index (χ0) is 43.3. The standard InChI is InChI=1S/C63H44N2/c1-62(2)53-30-13-9-26-49(53)51-28-17-29-52(61(51)62)58-38-36-44(40-64-58)65(59-34-18-27-45(41-19-5-3-6-20-41)60(59)42-21-7-4-8-22-42)43-35-37-50-48-25-12-16-33-56(48)63(57(50)39-43)54-31-14-10-23-46(54)47-24-11-15-32-55(47)63/h3-40H,1-2H3. The predicted molar refractivity (Wildman–Crippen MR) is 269 cm³/mol. The largest absolute Gasteiger partial charge is 0.308 e. The van der Waals surface area contributed by atoms with Crippen molar-refractivity contribution in [3.05, 3.63) is 264 Å². The van der Waals surface area contributed by atoms with E-state index in [4.69, 9.17) is 4.98 Å². The fourth-order valence-corrected chi connectivity index (χ4v) is 11.9. The van der Waals surface area contributed by atoms with Gasteiger partial charge < -0.3 is 4.90 Å². The van der Waals surface area contributed by atoms with E-state index in [-0.39, 0.29) is 5.41 Å². The highest BCUT2D eigenvalue weighted by Crippen LogP contribution is 2.63. The number of pyridine rings is 1. The van der Waals surface area contributed by atoms with Crippen LogP contribution in [0.3, 0.4) is 0 Å². The normalized spacial score (nSPS) is 13.9. The minimum Gasteiger partial charge on any atom is -0.308 e. The molecule has 306 valence electrons. The Labute approximate surface area is 380 Å². The molecular weight excluding hydrogens is 785 g/mol. The van der Waals surface area contributed by atoms with Crippen LogP contribution >= 0.6 is 0 Å². The molecule has 65 heavy (non-hydrogen) atoms. The summed E-state index contributed by atoms with van der Waals surface area (Å²) in [6, 6.07) is 82.8. The maximum atomic E-state index is 5.40. The van der Waals surface area contributed by atoms with E-state index in [0.717, 1.165) is 28.3 Å². The van der Waals surface area contributed by atoms with Crippen molar-refractivity contribution < 1.29 is 0 Å². The quantitative estimate of drug-likeness (QED) is 0.166. The summed E-state index contributed by atoms with van der Waals surface area (Å²) in [5.74, 6) is 0. The van der Waals surface area contributed by atoms with Crippen LogP contribution in [0.5, 0.6) is 0 Å². The van der Waals surface area contributed by atoms with Crippen LogP contribution in [0.1, 0.15) is 47.2 Å². The number of anilines is 3. The van der Waals surface area contributed by atoms with E-state index in [1.165, 1.54) is 89.0 Å². The summed E-state index contributed by atoms with van der Waals surface area (Å²) in [5, 5.41) is 0. The number of hydrogen-bond donors (Lipinski definition) is 0. The van der Waals surface area contributed by atoms with Crippen LogP contribution in [0.2, 0.25) is 0 Å². The highest BCUT2D eigenvalue weighted by Gasteiger charge is 2.51. The van der Waals surface area contributed by atoms with Gasteiger partial charge in [-0.3, -0.25) is 4.98 Å². The lowest BCUT2D eigenvalue weighted by molar-refractivity contribution is 0.662. The molecule has 0 radical (unpaired) electrons. The number of aromatic nitrogens is 1. The van der Waals surface area contributed by atoms with Gasteiger partial charge in [-0.2, -0.15) is 0 Å². The number of rotatable bonds is 6. The Morgan fingerprint density at radius 1 is 0.354 bits per heavy atom. The van der Waals surface area contributed by atoms with E-state index in [1.807, 2.05) is 0 Å². The third-order valence-electron chi connectivity index (χ3n) is 14.5. The van der Waals surface area contributed by atoms with E-state index in [1.54, 1.807) is 0 Å². The fraction of sp³-hybridized carbons (Fsp3) is 0.0635. The molecule has 3 aliphatic carbocycles. The molecule has 0 N–H and O–H groups in total. The molecule has 2 nitrogen and oxygen atoms in total. The molecule has 1 aromatic heterocycles. The first-order chi connectivity index (χ1) is 32.0. The van der Waals surface area contributed by atoms with Crippen molar-refractivity contribution in [2.45, 2.75) is 24.7 Å². The van der Waals surface area contributed by atoms with Gasteiger partial charge in [-0.05, 0) is 114 Å². The van der Waals surface area contributed by atoms with Crippen molar-refractivity contribution in [1.82, 2.24) is 4.98 Å². The van der Waals surface area contributed by atoms with Crippen molar-refractivity contribution >= 4 is 17.1 Å². The van der Waals surface area contributed by atoms with Crippen LogP contribution in [-0.4, -0.2) is 4.98 Å². The van der Waals surface area contributed by atoms with E-state index in [2.05, 4.69) is 249 Å². The molecule has 0 amide bonds. The Kier molecular flexibility index (Phi) is 8.20. The van der Waals surface area contributed by atoms with Crippen LogP contribution in [-0.2, 0) is 10.8 Å². The third-order valence-corrected chi connectivity index (χ3v) is 14.5. The summed E-state index contributed by atoms with van der Waals surface area (Å²) in [6.45, 7) is 4.70. The second-order valence-corrected chi connectivity index (χ2v) is 18.2. The van der Waals surface area contributed by atoms with Crippen molar-refractivity contribution in [3.63, 3.8) is 0 Å². The Morgan fingerprint density at radius 2 is 0.831 bits per heavy atom. The Morgan fingerprint density at radius 3 is 1.45 bits per heavy atom.